The summed E-state index contributed by atoms with van der Waals surface area (Å²) in [4.78, 5) is 41.3. The van der Waals surface area contributed by atoms with Crippen molar-refractivity contribution < 1.29 is 14.4 Å². The van der Waals surface area contributed by atoms with E-state index in [0.29, 0.717) is 11.3 Å². The van der Waals surface area contributed by atoms with Crippen LogP contribution in [0.1, 0.15) is 37.9 Å². The first-order valence-corrected chi connectivity index (χ1v) is 17.4. The Morgan fingerprint density at radius 1 is 0.627 bits per heavy atom. The van der Waals surface area contributed by atoms with Gasteiger partial charge in [-0.25, -0.2) is 0 Å². The molecule has 0 fully saturated rings. The van der Waals surface area contributed by atoms with Gasteiger partial charge >= 0.3 is 0 Å². The predicted octanol–water partition coefficient (Wildman–Crippen LogP) is 9.85. The van der Waals surface area contributed by atoms with Crippen molar-refractivity contribution in [3.63, 3.8) is 0 Å². The van der Waals surface area contributed by atoms with Crippen LogP contribution in [0.5, 0.6) is 0 Å². The molecule has 0 aliphatic carbocycles. The summed E-state index contributed by atoms with van der Waals surface area (Å²) in [6.07, 6.45) is 1.66. The van der Waals surface area contributed by atoms with Crippen LogP contribution in [-0.4, -0.2) is 17.7 Å². The highest BCUT2D eigenvalue weighted by Crippen LogP contribution is 2.37. The maximum atomic E-state index is 13.7. The van der Waals surface area contributed by atoms with E-state index in [1.807, 2.05) is 135 Å². The van der Waals surface area contributed by atoms with Gasteiger partial charge in [-0.05, 0) is 95.8 Å². The van der Waals surface area contributed by atoms with Crippen LogP contribution >= 0.6 is 11.8 Å². The molecule has 0 saturated carbocycles. The molecule has 0 radical (unpaired) electrons. The molecule has 0 bridgehead atoms. The van der Waals surface area contributed by atoms with E-state index in [2.05, 4.69) is 16.0 Å². The second-order valence-corrected chi connectivity index (χ2v) is 13.2. The topological polar surface area (TPSA) is 87.3 Å². The van der Waals surface area contributed by atoms with Gasteiger partial charge in [-0.2, -0.15) is 0 Å². The van der Waals surface area contributed by atoms with E-state index in [0.717, 1.165) is 44.0 Å². The lowest BCUT2D eigenvalue weighted by Crippen LogP contribution is -2.30. The Hall–Kier alpha value is -6.18. The molecule has 0 heterocycles. The molecule has 51 heavy (non-hydrogen) atoms. The fourth-order valence-corrected chi connectivity index (χ4v) is 6.46. The molecular weight excluding hydrogens is 651 g/mol. The third-order valence-electron chi connectivity index (χ3n) is 8.22. The van der Waals surface area contributed by atoms with Gasteiger partial charge in [-0.1, -0.05) is 115 Å². The van der Waals surface area contributed by atoms with Crippen LogP contribution in [0.2, 0.25) is 0 Å². The molecule has 0 spiro atoms. The van der Waals surface area contributed by atoms with Crippen molar-refractivity contribution in [3.8, 4) is 11.1 Å². The third kappa shape index (κ3) is 9.29. The molecule has 252 valence electrons. The van der Waals surface area contributed by atoms with Crippen molar-refractivity contribution in [1.29, 1.82) is 0 Å². The van der Waals surface area contributed by atoms with Crippen LogP contribution in [0.4, 0.5) is 11.4 Å². The molecule has 0 aliphatic heterocycles. The minimum Gasteiger partial charge on any atom is -0.325 e. The zero-order chi connectivity index (χ0) is 35.6. The van der Waals surface area contributed by atoms with E-state index < -0.39 is 17.1 Å². The van der Waals surface area contributed by atoms with Gasteiger partial charge in [-0.3, -0.25) is 14.4 Å². The first-order valence-electron chi connectivity index (χ1n) is 16.6. The zero-order valence-electron chi connectivity index (χ0n) is 28.3. The lowest BCUT2D eigenvalue weighted by molar-refractivity contribution is -0.116. The molecule has 6 rings (SSSR count). The third-order valence-corrected chi connectivity index (χ3v) is 9.48. The SMILES string of the molecule is Cc1ccc(C)c(NC(=O)C(Sc2ccc(NC(=O)/C(=C/c3ccc(-c4ccccc4)cc3)NC(=O)c3ccccc3)cc2)c2ccccc2)c1. The largest absolute Gasteiger partial charge is 0.325 e. The summed E-state index contributed by atoms with van der Waals surface area (Å²) in [7, 11) is 0. The summed E-state index contributed by atoms with van der Waals surface area (Å²) < 4.78 is 0. The van der Waals surface area contributed by atoms with Crippen LogP contribution in [-0.2, 0) is 9.59 Å². The number of nitrogens with one attached hydrogen (secondary N) is 3. The Kier molecular flexibility index (Phi) is 11.2. The minimum absolute atomic E-state index is 0.0991. The number of carbonyl (C=O) groups is 3. The monoisotopic (exact) mass is 687 g/mol. The maximum Gasteiger partial charge on any atom is 0.272 e. The average molecular weight is 688 g/mol. The second-order valence-electron chi connectivity index (χ2n) is 12.1. The Morgan fingerprint density at radius 2 is 1.24 bits per heavy atom. The smallest absolute Gasteiger partial charge is 0.272 e. The molecule has 0 aliphatic rings. The van der Waals surface area contributed by atoms with E-state index in [1.165, 1.54) is 11.8 Å². The van der Waals surface area contributed by atoms with Crippen LogP contribution < -0.4 is 16.0 Å². The highest BCUT2D eigenvalue weighted by Gasteiger charge is 2.23. The number of hydrogen-bond donors (Lipinski definition) is 3. The molecule has 1 unspecified atom stereocenters. The van der Waals surface area contributed by atoms with Crippen molar-refractivity contribution in [3.05, 3.63) is 191 Å². The van der Waals surface area contributed by atoms with Crippen LogP contribution in [0, 0.1) is 13.8 Å². The lowest BCUT2D eigenvalue weighted by Gasteiger charge is -2.18. The normalized spacial score (nSPS) is 11.7. The first kappa shape index (κ1) is 34.7. The molecule has 3 amide bonds. The van der Waals surface area contributed by atoms with Crippen LogP contribution in [0.25, 0.3) is 17.2 Å². The van der Waals surface area contributed by atoms with Crippen molar-refractivity contribution in [2.45, 2.75) is 24.0 Å². The van der Waals surface area contributed by atoms with Gasteiger partial charge in [0.15, 0.2) is 0 Å². The van der Waals surface area contributed by atoms with Gasteiger partial charge < -0.3 is 16.0 Å². The fraction of sp³-hybridized carbons (Fsp3) is 0.0682. The van der Waals surface area contributed by atoms with Gasteiger partial charge in [0.2, 0.25) is 5.91 Å². The average Bonchev–Trinajstić information content (AvgIpc) is 3.17. The molecule has 6 aromatic rings. The highest BCUT2D eigenvalue weighted by atomic mass is 32.2. The Morgan fingerprint density at radius 3 is 1.90 bits per heavy atom. The van der Waals surface area contributed by atoms with Gasteiger partial charge in [0.05, 0.1) is 0 Å². The minimum atomic E-state index is -0.512. The molecule has 0 aromatic heterocycles. The Labute approximate surface area is 302 Å². The van der Waals surface area contributed by atoms with Crippen molar-refractivity contribution in [2.75, 3.05) is 10.6 Å². The summed E-state index contributed by atoms with van der Waals surface area (Å²) >= 11 is 1.43. The van der Waals surface area contributed by atoms with Gasteiger partial charge in [0, 0.05) is 21.8 Å². The standard InChI is InChI=1S/C44H37N3O3S/c1-30-18-19-31(2)39(28-30)46-44(50)41(35-14-8-4-9-15-35)51-38-26-24-37(25-27-38)45-43(49)40(47-42(48)36-16-10-5-11-17-36)29-32-20-22-34(23-21-32)33-12-6-3-7-13-33/h3-29,41H,1-2H3,(H,45,49)(H,46,50)(H,47,48)/b40-29-. The Bertz CT molecular complexity index is 2150. The second kappa shape index (κ2) is 16.5. The number of amides is 3. The molecule has 7 heteroatoms. The molecule has 3 N–H and O–H groups in total. The Balaban J connectivity index is 1.20. The van der Waals surface area contributed by atoms with E-state index in [4.69, 9.17) is 0 Å². The molecular formula is C44H37N3O3S. The van der Waals surface area contributed by atoms with Crippen LogP contribution in [0.15, 0.2) is 168 Å². The van der Waals surface area contributed by atoms with Crippen LogP contribution in [0.3, 0.4) is 0 Å². The van der Waals surface area contributed by atoms with E-state index in [-0.39, 0.29) is 11.6 Å². The van der Waals surface area contributed by atoms with Crippen molar-refractivity contribution in [1.82, 2.24) is 5.32 Å². The number of thioether (sulfide) groups is 1. The number of carbonyl (C=O) groups excluding carboxylic acids is 3. The summed E-state index contributed by atoms with van der Waals surface area (Å²) in [6, 6.07) is 49.6. The molecule has 6 aromatic carbocycles. The first-order chi connectivity index (χ1) is 24.8. The van der Waals surface area contributed by atoms with Crippen molar-refractivity contribution in [2.24, 2.45) is 0 Å². The summed E-state index contributed by atoms with van der Waals surface area (Å²) in [5, 5.41) is 8.34. The zero-order valence-corrected chi connectivity index (χ0v) is 29.1. The summed E-state index contributed by atoms with van der Waals surface area (Å²) in [5.74, 6) is -0.990. The number of hydrogen-bond acceptors (Lipinski definition) is 4. The molecule has 6 nitrogen and oxygen atoms in total. The quantitative estimate of drug-likeness (QED) is 0.0935. The fourth-order valence-electron chi connectivity index (χ4n) is 5.43. The number of anilines is 2. The van der Waals surface area contributed by atoms with E-state index in [9.17, 15) is 14.4 Å². The van der Waals surface area contributed by atoms with Crippen molar-refractivity contribution >= 4 is 46.9 Å². The summed E-state index contributed by atoms with van der Waals surface area (Å²) in [5.41, 5.74) is 7.68. The van der Waals surface area contributed by atoms with Gasteiger partial charge in [-0.15, -0.1) is 11.8 Å². The van der Waals surface area contributed by atoms with E-state index in [1.54, 1.807) is 42.5 Å². The number of aryl methyl sites for hydroxylation is 2. The molecule has 1 atom stereocenters. The van der Waals surface area contributed by atoms with E-state index >= 15 is 0 Å². The molecule has 0 saturated heterocycles. The summed E-state index contributed by atoms with van der Waals surface area (Å²) in [6.45, 7) is 3.97. The van der Waals surface area contributed by atoms with Gasteiger partial charge in [0.1, 0.15) is 10.9 Å². The predicted molar refractivity (Wildman–Crippen MR) is 208 cm³/mol. The highest BCUT2D eigenvalue weighted by molar-refractivity contribution is 8.00. The maximum absolute atomic E-state index is 13.7. The number of benzene rings is 6. The lowest BCUT2D eigenvalue weighted by atomic mass is 10.0. The van der Waals surface area contributed by atoms with Gasteiger partial charge in [0.25, 0.3) is 11.8 Å². The number of rotatable bonds is 11.